The van der Waals surface area contributed by atoms with Gasteiger partial charge < -0.3 is 15.2 Å². The summed E-state index contributed by atoms with van der Waals surface area (Å²) in [6, 6.07) is 1.11. The zero-order valence-electron chi connectivity index (χ0n) is 10.9. The van der Waals surface area contributed by atoms with Gasteiger partial charge in [0.25, 0.3) is 6.02 Å². The average molecular weight is 288 g/mol. The Kier molecular flexibility index (Phi) is 4.36. The van der Waals surface area contributed by atoms with E-state index in [9.17, 15) is 13.2 Å². The minimum Gasteiger partial charge on any atom is -0.487 e. The van der Waals surface area contributed by atoms with Crippen LogP contribution in [-0.2, 0) is 4.74 Å². The molecule has 1 heterocycles. The predicted octanol–water partition coefficient (Wildman–Crippen LogP) is 2.36. The third-order valence-electron chi connectivity index (χ3n) is 2.99. The molecule has 2 rings (SSSR count). The number of halogens is 3. The Labute approximate surface area is 114 Å². The van der Waals surface area contributed by atoms with Crippen LogP contribution in [0.1, 0.15) is 19.8 Å². The van der Waals surface area contributed by atoms with Gasteiger partial charge in [-0.3, -0.25) is 0 Å². The van der Waals surface area contributed by atoms with Gasteiger partial charge >= 0.3 is 0 Å². The van der Waals surface area contributed by atoms with Crippen LogP contribution >= 0.6 is 0 Å². The first-order valence-electron chi connectivity index (χ1n) is 6.26. The summed E-state index contributed by atoms with van der Waals surface area (Å²) >= 11 is 0. The van der Waals surface area contributed by atoms with E-state index in [0.29, 0.717) is 31.6 Å². The van der Waals surface area contributed by atoms with E-state index in [1.807, 2.05) is 6.92 Å². The zero-order chi connectivity index (χ0) is 14.7. The average Bonchev–Trinajstić information content (AvgIpc) is 2.80. The fourth-order valence-electron chi connectivity index (χ4n) is 1.93. The first-order valence-corrected chi connectivity index (χ1v) is 6.26. The molecular weight excluding hydrogens is 273 g/mol. The second-order valence-corrected chi connectivity index (χ2v) is 4.51. The minimum atomic E-state index is -1.25. The quantitative estimate of drug-likeness (QED) is 0.846. The Hall–Kier alpha value is -1.92. The van der Waals surface area contributed by atoms with E-state index in [1.54, 1.807) is 0 Å². The van der Waals surface area contributed by atoms with Crippen LogP contribution in [0.2, 0.25) is 0 Å². The number of benzene rings is 1. The number of rotatable bonds is 5. The summed E-state index contributed by atoms with van der Waals surface area (Å²) in [5, 5.41) is 0. The van der Waals surface area contributed by atoms with E-state index in [-0.39, 0.29) is 17.8 Å². The van der Waals surface area contributed by atoms with Gasteiger partial charge in [-0.2, -0.15) is 0 Å². The molecule has 0 saturated heterocycles. The van der Waals surface area contributed by atoms with Crippen molar-refractivity contribution in [3.63, 3.8) is 0 Å². The summed E-state index contributed by atoms with van der Waals surface area (Å²) in [5.74, 6) is -3.65. The van der Waals surface area contributed by atoms with Crippen molar-refractivity contribution >= 4 is 6.02 Å². The summed E-state index contributed by atoms with van der Waals surface area (Å²) < 4.78 is 49.8. The normalized spacial score (nSPS) is 19.4. The van der Waals surface area contributed by atoms with Crippen LogP contribution in [0.15, 0.2) is 17.1 Å². The number of amidine groups is 1. The lowest BCUT2D eigenvalue weighted by atomic mass is 10.1. The van der Waals surface area contributed by atoms with Crippen molar-refractivity contribution in [3.8, 4) is 5.75 Å². The fourth-order valence-corrected chi connectivity index (χ4v) is 1.93. The number of hydrogen-bond acceptors (Lipinski definition) is 4. The summed E-state index contributed by atoms with van der Waals surface area (Å²) in [6.45, 7) is 2.18. The van der Waals surface area contributed by atoms with Crippen LogP contribution < -0.4 is 10.5 Å². The predicted molar refractivity (Wildman–Crippen MR) is 67.0 cm³/mol. The highest BCUT2D eigenvalue weighted by atomic mass is 19.2. The zero-order valence-corrected chi connectivity index (χ0v) is 10.9. The summed E-state index contributed by atoms with van der Waals surface area (Å²) in [4.78, 5) is 4.04. The van der Waals surface area contributed by atoms with Gasteiger partial charge in [0, 0.05) is 18.6 Å². The molecule has 0 radical (unpaired) electrons. The Morgan fingerprint density at radius 2 is 2.05 bits per heavy atom. The Bertz CT molecular complexity index is 523. The molecule has 2 unspecified atom stereocenters. The molecule has 1 aliphatic rings. The van der Waals surface area contributed by atoms with Gasteiger partial charge in [0.2, 0.25) is 0 Å². The van der Waals surface area contributed by atoms with Crippen molar-refractivity contribution < 1.29 is 22.6 Å². The molecule has 0 amide bonds. The highest BCUT2D eigenvalue weighted by molar-refractivity contribution is 5.73. The lowest BCUT2D eigenvalue weighted by Gasteiger charge is -2.19. The van der Waals surface area contributed by atoms with Crippen molar-refractivity contribution in [1.82, 2.24) is 0 Å². The van der Waals surface area contributed by atoms with Crippen LogP contribution in [0.4, 0.5) is 13.2 Å². The molecule has 7 heteroatoms. The Morgan fingerprint density at radius 1 is 1.35 bits per heavy atom. The number of ether oxygens (including phenoxy) is 2. The van der Waals surface area contributed by atoms with E-state index in [2.05, 4.69) is 4.99 Å². The summed E-state index contributed by atoms with van der Waals surface area (Å²) in [7, 11) is 0. The molecule has 4 nitrogen and oxygen atoms in total. The number of hydrogen-bond donors (Lipinski definition) is 1. The van der Waals surface area contributed by atoms with Gasteiger partial charge in [-0.1, -0.05) is 6.92 Å². The second kappa shape index (κ2) is 6.02. The maximum atomic E-state index is 13.5. The lowest BCUT2D eigenvalue weighted by Crippen LogP contribution is -2.23. The van der Waals surface area contributed by atoms with E-state index in [0.717, 1.165) is 0 Å². The topological polar surface area (TPSA) is 56.8 Å². The van der Waals surface area contributed by atoms with Gasteiger partial charge in [0.1, 0.15) is 12.7 Å². The third-order valence-corrected chi connectivity index (χ3v) is 2.99. The van der Waals surface area contributed by atoms with E-state index in [1.165, 1.54) is 0 Å². The van der Waals surface area contributed by atoms with Crippen LogP contribution in [0.5, 0.6) is 5.75 Å². The van der Waals surface area contributed by atoms with Gasteiger partial charge in [0.05, 0.1) is 6.04 Å². The van der Waals surface area contributed by atoms with Gasteiger partial charge in [0.15, 0.2) is 23.2 Å². The van der Waals surface area contributed by atoms with E-state index >= 15 is 0 Å². The molecule has 0 spiro atoms. The molecule has 1 aromatic rings. The molecule has 0 fully saturated rings. The van der Waals surface area contributed by atoms with Crippen LogP contribution in [0.25, 0.3) is 0 Å². The SMILES string of the molecule is CCC(CC1COC(N)=N1)Oc1cc(F)c(F)cc1F. The Balaban J connectivity index is 2.05. The molecular formula is C13H15F3N2O2. The Morgan fingerprint density at radius 3 is 2.65 bits per heavy atom. The van der Waals surface area contributed by atoms with Crippen LogP contribution in [0, 0.1) is 17.5 Å². The number of nitrogens with two attached hydrogens (primary N) is 1. The van der Waals surface area contributed by atoms with Crippen LogP contribution in [0.3, 0.4) is 0 Å². The van der Waals surface area contributed by atoms with E-state index in [4.69, 9.17) is 15.2 Å². The van der Waals surface area contributed by atoms with Crippen molar-refractivity contribution in [2.75, 3.05) is 6.61 Å². The smallest absolute Gasteiger partial charge is 0.282 e. The molecule has 110 valence electrons. The van der Waals surface area contributed by atoms with Crippen LogP contribution in [-0.4, -0.2) is 24.8 Å². The molecule has 20 heavy (non-hydrogen) atoms. The minimum absolute atomic E-state index is 0.115. The second-order valence-electron chi connectivity index (χ2n) is 4.51. The molecule has 2 atom stereocenters. The maximum absolute atomic E-state index is 13.5. The molecule has 0 saturated carbocycles. The van der Waals surface area contributed by atoms with Crippen molar-refractivity contribution in [3.05, 3.63) is 29.6 Å². The van der Waals surface area contributed by atoms with Crippen molar-refractivity contribution in [2.24, 2.45) is 10.7 Å². The molecule has 1 aromatic carbocycles. The first kappa shape index (κ1) is 14.5. The number of aliphatic imine (C=N–C) groups is 1. The maximum Gasteiger partial charge on any atom is 0.282 e. The third kappa shape index (κ3) is 3.34. The molecule has 0 aromatic heterocycles. The highest BCUT2D eigenvalue weighted by Crippen LogP contribution is 2.24. The highest BCUT2D eigenvalue weighted by Gasteiger charge is 2.23. The molecule has 0 aliphatic carbocycles. The molecule has 0 bridgehead atoms. The fraction of sp³-hybridized carbons (Fsp3) is 0.462. The largest absolute Gasteiger partial charge is 0.487 e. The van der Waals surface area contributed by atoms with E-state index < -0.39 is 23.6 Å². The molecule has 2 N–H and O–H groups in total. The van der Waals surface area contributed by atoms with Gasteiger partial charge in [-0.05, 0) is 6.42 Å². The first-order chi connectivity index (χ1) is 9.49. The van der Waals surface area contributed by atoms with Gasteiger partial charge in [-0.15, -0.1) is 0 Å². The standard InChI is InChI=1S/C13H15F3N2O2/c1-2-8(3-7-6-19-13(17)18-7)20-12-5-10(15)9(14)4-11(12)16/h4-5,7-8H,2-3,6H2,1H3,(H2,17,18). The lowest BCUT2D eigenvalue weighted by molar-refractivity contribution is 0.161. The number of nitrogens with zero attached hydrogens (tertiary/aromatic N) is 1. The summed E-state index contributed by atoms with van der Waals surface area (Å²) in [6.07, 6.45) is 0.623. The monoisotopic (exact) mass is 288 g/mol. The summed E-state index contributed by atoms with van der Waals surface area (Å²) in [5.41, 5.74) is 5.39. The van der Waals surface area contributed by atoms with Gasteiger partial charge in [-0.25, -0.2) is 18.2 Å². The molecule has 1 aliphatic heterocycles. The van der Waals surface area contributed by atoms with Crippen molar-refractivity contribution in [2.45, 2.75) is 31.9 Å². The van der Waals surface area contributed by atoms with Crippen molar-refractivity contribution in [1.29, 1.82) is 0 Å².